The summed E-state index contributed by atoms with van der Waals surface area (Å²) in [6, 6.07) is 11.5. The summed E-state index contributed by atoms with van der Waals surface area (Å²) in [5, 5.41) is 5.52. The van der Waals surface area contributed by atoms with E-state index in [0.717, 1.165) is 6.08 Å². The lowest BCUT2D eigenvalue weighted by atomic mass is 10.1. The molecule has 9 heteroatoms. The number of methoxy groups -OCH3 is 2. The molecule has 9 nitrogen and oxygen atoms in total. The van der Waals surface area contributed by atoms with E-state index in [2.05, 4.69) is 20.1 Å². The number of esters is 2. The molecule has 1 amide bonds. The molecule has 1 aliphatic rings. The van der Waals surface area contributed by atoms with Crippen LogP contribution in [0.5, 0.6) is 11.5 Å². The first-order chi connectivity index (χ1) is 14.0. The van der Waals surface area contributed by atoms with Gasteiger partial charge in [0.15, 0.2) is 11.5 Å². The minimum Gasteiger partial charge on any atom is -0.466 e. The van der Waals surface area contributed by atoms with Crippen molar-refractivity contribution in [2.75, 3.05) is 31.6 Å². The smallest absolute Gasteiger partial charge is 0.354 e. The Morgan fingerprint density at radius 2 is 1.69 bits per heavy atom. The van der Waals surface area contributed by atoms with Gasteiger partial charge >= 0.3 is 11.9 Å². The van der Waals surface area contributed by atoms with Gasteiger partial charge in [-0.2, -0.15) is 0 Å². The van der Waals surface area contributed by atoms with Gasteiger partial charge in [-0.15, -0.1) is 0 Å². The van der Waals surface area contributed by atoms with Crippen molar-refractivity contribution in [1.29, 1.82) is 0 Å². The molecular weight excluding hydrogens is 380 g/mol. The maximum Gasteiger partial charge on any atom is 0.354 e. The number of anilines is 2. The maximum atomic E-state index is 12.6. The largest absolute Gasteiger partial charge is 0.466 e. The Bertz CT molecular complexity index is 985. The fourth-order valence-electron chi connectivity index (χ4n) is 2.50. The van der Waals surface area contributed by atoms with Gasteiger partial charge in [-0.1, -0.05) is 6.07 Å². The van der Waals surface area contributed by atoms with Gasteiger partial charge in [0.25, 0.3) is 5.91 Å². The topological polar surface area (TPSA) is 112 Å². The minimum absolute atomic E-state index is 0.132. The third kappa shape index (κ3) is 4.83. The van der Waals surface area contributed by atoms with Crippen molar-refractivity contribution in [1.82, 2.24) is 0 Å². The lowest BCUT2D eigenvalue weighted by Gasteiger charge is -2.11. The number of fused-ring (bicyclic) bond motifs is 1. The van der Waals surface area contributed by atoms with E-state index in [-0.39, 0.29) is 18.4 Å². The lowest BCUT2D eigenvalue weighted by Crippen LogP contribution is -2.16. The first kappa shape index (κ1) is 19.7. The molecule has 0 unspecified atom stereocenters. The molecule has 150 valence electrons. The number of amides is 1. The molecule has 1 heterocycles. The molecule has 2 aromatic rings. The SMILES string of the molecule is COC(=O)/C=C(/Nc1cccc(C(=O)Nc2ccc3c(c2)OCO3)c1)C(=O)OC. The Kier molecular flexibility index (Phi) is 5.98. The molecule has 0 spiro atoms. The summed E-state index contributed by atoms with van der Waals surface area (Å²) in [5.74, 6) is -0.694. The maximum absolute atomic E-state index is 12.6. The Morgan fingerprint density at radius 1 is 0.931 bits per heavy atom. The van der Waals surface area contributed by atoms with E-state index in [0.29, 0.717) is 28.4 Å². The van der Waals surface area contributed by atoms with E-state index in [1.54, 1.807) is 36.4 Å². The Balaban J connectivity index is 1.75. The highest BCUT2D eigenvalue weighted by atomic mass is 16.7. The normalized spacial score (nSPS) is 12.1. The fraction of sp³-hybridized carbons (Fsp3) is 0.150. The van der Waals surface area contributed by atoms with E-state index >= 15 is 0 Å². The van der Waals surface area contributed by atoms with Crippen LogP contribution in [0.2, 0.25) is 0 Å². The van der Waals surface area contributed by atoms with Gasteiger partial charge in [0.05, 0.1) is 20.3 Å². The average Bonchev–Trinajstić information content (AvgIpc) is 3.20. The standard InChI is InChI=1S/C20H18N2O7/c1-26-18(23)10-15(20(25)27-2)21-13-5-3-4-12(8-13)19(24)22-14-6-7-16-17(9-14)29-11-28-16/h3-10,21H,11H2,1-2H3,(H,22,24)/b15-10+. The predicted octanol–water partition coefficient (Wildman–Crippen LogP) is 2.31. The average molecular weight is 398 g/mol. The van der Waals surface area contributed by atoms with Crippen LogP contribution in [-0.4, -0.2) is 38.9 Å². The van der Waals surface area contributed by atoms with E-state index in [1.165, 1.54) is 20.3 Å². The zero-order valence-corrected chi connectivity index (χ0v) is 15.7. The van der Waals surface area contributed by atoms with Crippen LogP contribution in [0, 0.1) is 0 Å². The molecule has 0 bridgehead atoms. The van der Waals surface area contributed by atoms with E-state index < -0.39 is 11.9 Å². The van der Waals surface area contributed by atoms with Gasteiger partial charge in [-0.05, 0) is 30.3 Å². The Hall–Kier alpha value is -4.01. The molecule has 0 aromatic heterocycles. The van der Waals surface area contributed by atoms with Gasteiger partial charge in [0.2, 0.25) is 6.79 Å². The van der Waals surface area contributed by atoms with Crippen LogP contribution in [0.25, 0.3) is 0 Å². The van der Waals surface area contributed by atoms with Crippen molar-refractivity contribution < 1.29 is 33.3 Å². The fourth-order valence-corrected chi connectivity index (χ4v) is 2.50. The lowest BCUT2D eigenvalue weighted by molar-refractivity contribution is -0.138. The summed E-state index contributed by atoms with van der Waals surface area (Å²) >= 11 is 0. The molecule has 0 radical (unpaired) electrons. The second-order valence-corrected chi connectivity index (χ2v) is 5.80. The molecule has 0 saturated heterocycles. The van der Waals surface area contributed by atoms with Gasteiger partial charge in [0, 0.05) is 23.0 Å². The summed E-state index contributed by atoms with van der Waals surface area (Å²) in [6.45, 7) is 0.141. The number of carbonyl (C=O) groups excluding carboxylic acids is 3. The highest BCUT2D eigenvalue weighted by Gasteiger charge is 2.16. The van der Waals surface area contributed by atoms with E-state index in [4.69, 9.17) is 9.47 Å². The predicted molar refractivity (Wildman–Crippen MR) is 103 cm³/mol. The number of nitrogens with one attached hydrogen (secondary N) is 2. The number of ether oxygens (including phenoxy) is 4. The third-order valence-electron chi connectivity index (χ3n) is 3.90. The Morgan fingerprint density at radius 3 is 2.45 bits per heavy atom. The van der Waals surface area contributed by atoms with E-state index in [1.807, 2.05) is 0 Å². The zero-order chi connectivity index (χ0) is 20.8. The van der Waals surface area contributed by atoms with Crippen LogP contribution in [0.3, 0.4) is 0 Å². The van der Waals surface area contributed by atoms with Gasteiger partial charge in [-0.25, -0.2) is 9.59 Å². The number of hydrogen-bond acceptors (Lipinski definition) is 8. The molecule has 0 atom stereocenters. The van der Waals surface area contributed by atoms with Crippen LogP contribution in [0.4, 0.5) is 11.4 Å². The highest BCUT2D eigenvalue weighted by Crippen LogP contribution is 2.34. The van der Waals surface area contributed by atoms with E-state index in [9.17, 15) is 14.4 Å². The number of rotatable bonds is 6. The van der Waals surface area contributed by atoms with Crippen LogP contribution >= 0.6 is 0 Å². The summed E-state index contributed by atoms with van der Waals surface area (Å²) in [4.78, 5) is 35.9. The first-order valence-electron chi connectivity index (χ1n) is 8.46. The van der Waals surface area contributed by atoms with Crippen molar-refractivity contribution >= 4 is 29.2 Å². The zero-order valence-electron chi connectivity index (χ0n) is 15.7. The van der Waals surface area contributed by atoms with Gasteiger partial charge in [-0.3, -0.25) is 4.79 Å². The van der Waals surface area contributed by atoms with Crippen LogP contribution < -0.4 is 20.1 Å². The summed E-state index contributed by atoms with van der Waals surface area (Å²) < 4.78 is 19.7. The second kappa shape index (κ2) is 8.79. The number of benzene rings is 2. The molecule has 2 N–H and O–H groups in total. The summed E-state index contributed by atoms with van der Waals surface area (Å²) in [6.07, 6.45) is 0.963. The first-order valence-corrected chi connectivity index (χ1v) is 8.46. The Labute approximate surface area is 166 Å². The van der Waals surface area contributed by atoms with Gasteiger partial charge < -0.3 is 29.6 Å². The molecule has 3 rings (SSSR count). The monoisotopic (exact) mass is 398 g/mol. The minimum atomic E-state index is -0.759. The molecule has 1 aliphatic heterocycles. The van der Waals surface area contributed by atoms with Crippen LogP contribution in [0.15, 0.2) is 54.2 Å². The molecular formula is C20H18N2O7. The number of hydrogen-bond donors (Lipinski definition) is 2. The van der Waals surface area contributed by atoms with Gasteiger partial charge in [0.1, 0.15) is 5.70 Å². The van der Waals surface area contributed by atoms with Crippen molar-refractivity contribution in [3.05, 3.63) is 59.8 Å². The molecule has 29 heavy (non-hydrogen) atoms. The summed E-state index contributed by atoms with van der Waals surface area (Å²) in [5.41, 5.74) is 1.14. The molecule has 0 saturated carbocycles. The molecule has 0 fully saturated rings. The quantitative estimate of drug-likeness (QED) is 0.563. The van der Waals surface area contributed by atoms with Crippen molar-refractivity contribution in [2.45, 2.75) is 0 Å². The molecule has 0 aliphatic carbocycles. The van der Waals surface area contributed by atoms with Crippen LogP contribution in [0.1, 0.15) is 10.4 Å². The van der Waals surface area contributed by atoms with Crippen molar-refractivity contribution in [3.63, 3.8) is 0 Å². The molecule has 2 aromatic carbocycles. The van der Waals surface area contributed by atoms with Crippen LogP contribution in [-0.2, 0) is 19.1 Å². The number of carbonyl (C=O) groups is 3. The summed E-state index contributed by atoms with van der Waals surface area (Å²) in [7, 11) is 2.37. The third-order valence-corrected chi connectivity index (χ3v) is 3.90. The second-order valence-electron chi connectivity index (χ2n) is 5.80. The van der Waals surface area contributed by atoms with Crippen molar-refractivity contribution in [3.8, 4) is 11.5 Å². The highest BCUT2D eigenvalue weighted by molar-refractivity contribution is 6.05. The van der Waals surface area contributed by atoms with Crippen molar-refractivity contribution in [2.24, 2.45) is 0 Å².